The van der Waals surface area contributed by atoms with Crippen molar-refractivity contribution in [3.05, 3.63) is 163 Å². The number of ether oxygens (including phenoxy) is 2. The Hall–Kier alpha value is -5.12. The molecule has 3 N–H and O–H groups in total. The highest BCUT2D eigenvalue weighted by atomic mass is 32.2. The first-order valence-corrected chi connectivity index (χ1v) is 19.5. The summed E-state index contributed by atoms with van der Waals surface area (Å²) in [6.45, 7) is 7.82. The number of thioether (sulfide) groups is 1. The molecule has 0 spiro atoms. The van der Waals surface area contributed by atoms with Gasteiger partial charge in [-0.15, -0.1) is 13.2 Å². The molecule has 4 aromatic carbocycles. The minimum atomic E-state index is -0.702. The van der Waals surface area contributed by atoms with Gasteiger partial charge in [0.05, 0.1) is 30.5 Å². The van der Waals surface area contributed by atoms with Gasteiger partial charge in [-0.05, 0) is 60.1 Å². The first-order valence-electron chi connectivity index (χ1n) is 18.4. The topological polar surface area (TPSA) is 114 Å². The first kappa shape index (κ1) is 41.6. The van der Waals surface area contributed by atoms with Crippen molar-refractivity contribution >= 4 is 29.5 Å². The van der Waals surface area contributed by atoms with Gasteiger partial charge in [-0.3, -0.25) is 14.4 Å². The van der Waals surface area contributed by atoms with Crippen LogP contribution < -0.4 is 15.4 Å². The monoisotopic (exact) mass is 748 g/mol. The van der Waals surface area contributed by atoms with Crippen molar-refractivity contribution in [2.75, 3.05) is 19.0 Å². The molecule has 284 valence electrons. The lowest BCUT2D eigenvalue weighted by molar-refractivity contribution is -0.149. The maximum atomic E-state index is 13.7. The van der Waals surface area contributed by atoms with Crippen LogP contribution in [0.4, 0.5) is 0 Å². The van der Waals surface area contributed by atoms with E-state index in [4.69, 9.17) is 9.47 Å². The molecule has 0 bridgehead atoms. The van der Waals surface area contributed by atoms with E-state index in [2.05, 4.69) is 23.8 Å². The molecule has 0 heterocycles. The largest absolute Gasteiger partial charge is 0.489 e. The maximum absolute atomic E-state index is 13.7. The Labute approximate surface area is 324 Å². The van der Waals surface area contributed by atoms with E-state index < -0.39 is 23.9 Å². The van der Waals surface area contributed by atoms with E-state index in [0.29, 0.717) is 31.6 Å². The van der Waals surface area contributed by atoms with E-state index in [9.17, 15) is 19.5 Å². The van der Waals surface area contributed by atoms with Gasteiger partial charge >= 0.3 is 5.97 Å². The number of esters is 1. The molecule has 0 fully saturated rings. The second-order valence-corrected chi connectivity index (χ2v) is 14.3. The van der Waals surface area contributed by atoms with Crippen LogP contribution in [0, 0.1) is 11.8 Å². The molecule has 54 heavy (non-hydrogen) atoms. The third kappa shape index (κ3) is 15.1. The minimum Gasteiger partial charge on any atom is -0.489 e. The molecular formula is C45H52N2O6S. The van der Waals surface area contributed by atoms with E-state index in [1.807, 2.05) is 115 Å². The Bertz CT molecular complexity index is 1720. The third-order valence-electron chi connectivity index (χ3n) is 8.81. The van der Waals surface area contributed by atoms with Crippen LogP contribution >= 0.6 is 11.8 Å². The normalized spacial score (nSPS) is 13.1. The zero-order valence-electron chi connectivity index (χ0n) is 30.8. The summed E-state index contributed by atoms with van der Waals surface area (Å²) in [6, 6.07) is 36.2. The van der Waals surface area contributed by atoms with Crippen LogP contribution in [0.5, 0.6) is 5.75 Å². The molecule has 0 radical (unpaired) electrons. The van der Waals surface area contributed by atoms with Crippen LogP contribution in [0.25, 0.3) is 0 Å². The van der Waals surface area contributed by atoms with Gasteiger partial charge in [-0.25, -0.2) is 0 Å². The number of rotatable bonds is 24. The van der Waals surface area contributed by atoms with Crippen molar-refractivity contribution < 1.29 is 29.0 Å². The highest BCUT2D eigenvalue weighted by molar-refractivity contribution is 7.98. The fourth-order valence-corrected chi connectivity index (χ4v) is 6.92. The summed E-state index contributed by atoms with van der Waals surface area (Å²) in [7, 11) is 0. The van der Waals surface area contributed by atoms with E-state index in [1.165, 1.54) is 0 Å². The summed E-state index contributed by atoms with van der Waals surface area (Å²) in [5.74, 6) is -0.197. The van der Waals surface area contributed by atoms with Gasteiger partial charge in [0.2, 0.25) is 11.8 Å². The van der Waals surface area contributed by atoms with Crippen molar-refractivity contribution in [3.8, 4) is 5.75 Å². The minimum absolute atomic E-state index is 0.00945. The van der Waals surface area contributed by atoms with E-state index in [0.717, 1.165) is 33.8 Å². The Kier molecular flexibility index (Phi) is 18.1. The van der Waals surface area contributed by atoms with Gasteiger partial charge in [0, 0.05) is 17.9 Å². The molecule has 0 aromatic heterocycles. The molecule has 0 saturated carbocycles. The zero-order valence-corrected chi connectivity index (χ0v) is 31.6. The third-order valence-corrected chi connectivity index (χ3v) is 9.98. The highest BCUT2D eigenvalue weighted by Gasteiger charge is 2.26. The van der Waals surface area contributed by atoms with E-state index in [-0.39, 0.29) is 43.8 Å². The number of carbonyl (C=O) groups is 3. The summed E-state index contributed by atoms with van der Waals surface area (Å²) < 4.78 is 11.7. The SMILES string of the molecule is C=CCC(CC(=O)NC(CO)Cc1ccc(OCc2ccccc2)cc1)C(=O)NC(COC(=O)C(CC=C)Cc1ccccc1)CSCc1ccccc1. The Morgan fingerprint density at radius 1 is 0.685 bits per heavy atom. The number of carbonyl (C=O) groups excluding carboxylic acids is 3. The second-order valence-electron chi connectivity index (χ2n) is 13.2. The Balaban J connectivity index is 1.33. The zero-order chi connectivity index (χ0) is 38.4. The number of hydrogen-bond acceptors (Lipinski definition) is 7. The van der Waals surface area contributed by atoms with Crippen LogP contribution in [0.3, 0.4) is 0 Å². The number of nitrogens with one attached hydrogen (secondary N) is 2. The predicted octanol–water partition coefficient (Wildman–Crippen LogP) is 7.26. The van der Waals surface area contributed by atoms with Crippen LogP contribution in [-0.2, 0) is 44.3 Å². The average molecular weight is 749 g/mol. The highest BCUT2D eigenvalue weighted by Crippen LogP contribution is 2.19. The molecule has 4 atom stereocenters. The lowest BCUT2D eigenvalue weighted by atomic mass is 9.96. The molecule has 0 aliphatic rings. The number of allylic oxidation sites excluding steroid dienone is 2. The summed E-state index contributed by atoms with van der Waals surface area (Å²) in [6.07, 6.45) is 4.90. The van der Waals surface area contributed by atoms with Crippen LogP contribution in [0.1, 0.15) is 41.5 Å². The number of hydrogen-bond donors (Lipinski definition) is 3. The van der Waals surface area contributed by atoms with Gasteiger partial charge in [0.1, 0.15) is 19.0 Å². The van der Waals surface area contributed by atoms with Crippen LogP contribution in [0.2, 0.25) is 0 Å². The molecule has 4 aromatic rings. The smallest absolute Gasteiger partial charge is 0.309 e. The lowest BCUT2D eigenvalue weighted by Crippen LogP contribution is -2.46. The van der Waals surface area contributed by atoms with Gasteiger partial charge in [-0.1, -0.05) is 115 Å². The molecule has 4 rings (SSSR count). The molecule has 0 aliphatic carbocycles. The van der Waals surface area contributed by atoms with Crippen molar-refractivity contribution in [1.82, 2.24) is 10.6 Å². The average Bonchev–Trinajstić information content (AvgIpc) is 3.20. The fraction of sp³-hybridized carbons (Fsp3) is 0.311. The number of aliphatic hydroxyl groups is 1. The maximum Gasteiger partial charge on any atom is 0.309 e. The fourth-order valence-electron chi connectivity index (χ4n) is 5.91. The van der Waals surface area contributed by atoms with Gasteiger partial charge in [0.15, 0.2) is 0 Å². The second kappa shape index (κ2) is 23.5. The number of amides is 2. The van der Waals surface area contributed by atoms with Crippen molar-refractivity contribution in [3.63, 3.8) is 0 Å². The summed E-state index contributed by atoms with van der Waals surface area (Å²) in [4.78, 5) is 40.2. The van der Waals surface area contributed by atoms with Crippen molar-refractivity contribution in [2.24, 2.45) is 11.8 Å². The molecular weight excluding hydrogens is 697 g/mol. The molecule has 2 amide bonds. The summed E-state index contributed by atoms with van der Waals surface area (Å²) in [5, 5.41) is 16.1. The van der Waals surface area contributed by atoms with Gasteiger partial charge < -0.3 is 25.2 Å². The quantitative estimate of drug-likeness (QED) is 0.0511. The molecule has 9 heteroatoms. The van der Waals surface area contributed by atoms with E-state index >= 15 is 0 Å². The Morgan fingerprint density at radius 3 is 1.87 bits per heavy atom. The molecule has 0 saturated heterocycles. The van der Waals surface area contributed by atoms with Gasteiger partial charge in [0.25, 0.3) is 0 Å². The van der Waals surface area contributed by atoms with Crippen molar-refractivity contribution in [2.45, 2.75) is 56.5 Å². The van der Waals surface area contributed by atoms with Crippen LogP contribution in [-0.4, -0.2) is 53.9 Å². The predicted molar refractivity (Wildman–Crippen MR) is 217 cm³/mol. The molecule has 4 unspecified atom stereocenters. The number of benzene rings is 4. The number of aliphatic hydroxyl groups excluding tert-OH is 1. The van der Waals surface area contributed by atoms with E-state index in [1.54, 1.807) is 23.9 Å². The molecule has 0 aliphatic heterocycles. The van der Waals surface area contributed by atoms with Crippen LogP contribution in [0.15, 0.2) is 141 Å². The molecule has 8 nitrogen and oxygen atoms in total. The first-order chi connectivity index (χ1) is 26.4. The van der Waals surface area contributed by atoms with Gasteiger partial charge in [-0.2, -0.15) is 11.8 Å². The summed E-state index contributed by atoms with van der Waals surface area (Å²) >= 11 is 1.63. The van der Waals surface area contributed by atoms with Crippen molar-refractivity contribution in [1.29, 1.82) is 0 Å². The standard InChI is InChI=1S/C45H52N2O6S/c1-3-14-38(28-43(49)46-40(29-48)27-35-22-24-42(25-23-35)52-30-36-18-10-6-11-19-36)44(50)47-41(33-54-32-37-20-12-7-13-21-37)31-53-45(51)39(15-4-2)26-34-16-8-5-9-17-34/h3-13,16-25,38-41,48H,1-2,14-15,26-33H2,(H,46,49)(H,47,50). The summed E-state index contributed by atoms with van der Waals surface area (Å²) in [5.41, 5.74) is 4.17. The lowest BCUT2D eigenvalue weighted by Gasteiger charge is -2.24. The Morgan fingerprint density at radius 2 is 1.26 bits per heavy atom.